The molecule has 1 aromatic carbocycles. The number of carboxylic acid groups (broad SMARTS) is 1. The van der Waals surface area contributed by atoms with Gasteiger partial charge in [-0.1, -0.05) is 17.7 Å². The smallest absolute Gasteiger partial charge is 0.307 e. The van der Waals surface area contributed by atoms with Gasteiger partial charge in [-0.05, 0) is 18.1 Å². The van der Waals surface area contributed by atoms with Crippen molar-refractivity contribution in [1.29, 1.82) is 0 Å². The van der Waals surface area contributed by atoms with E-state index in [0.29, 0.717) is 42.7 Å². The van der Waals surface area contributed by atoms with Crippen LogP contribution in [-0.4, -0.2) is 30.8 Å². The molecule has 0 saturated carbocycles. The van der Waals surface area contributed by atoms with Gasteiger partial charge in [-0.2, -0.15) is 0 Å². The zero-order valence-electron chi connectivity index (χ0n) is 10.2. The summed E-state index contributed by atoms with van der Waals surface area (Å²) < 4.78 is 11.0. The average Bonchev–Trinajstić information content (AvgIpc) is 2.89. The van der Waals surface area contributed by atoms with Crippen LogP contribution in [0.2, 0.25) is 5.02 Å². The lowest BCUT2D eigenvalue weighted by Gasteiger charge is -2.22. The van der Waals surface area contributed by atoms with E-state index in [0.717, 1.165) is 5.56 Å². The lowest BCUT2D eigenvalue weighted by Crippen LogP contribution is -2.18. The first-order chi connectivity index (χ1) is 9.16. The van der Waals surface area contributed by atoms with Gasteiger partial charge in [0.05, 0.1) is 10.9 Å². The summed E-state index contributed by atoms with van der Waals surface area (Å²) in [6.45, 7) is 1.46. The first-order valence-corrected chi connectivity index (χ1v) is 6.59. The van der Waals surface area contributed by atoms with Gasteiger partial charge in [0.15, 0.2) is 11.5 Å². The first-order valence-electron chi connectivity index (χ1n) is 6.21. The van der Waals surface area contributed by atoms with Crippen molar-refractivity contribution in [2.24, 2.45) is 5.92 Å². The molecule has 2 unspecified atom stereocenters. The van der Waals surface area contributed by atoms with Crippen LogP contribution >= 0.6 is 11.6 Å². The van der Waals surface area contributed by atoms with E-state index in [1.54, 1.807) is 0 Å². The SMILES string of the molecule is O=C(O)C1CNC(c2ccc3c(c2Cl)OCCO3)C1. The molecule has 0 spiro atoms. The van der Waals surface area contributed by atoms with Gasteiger partial charge in [0, 0.05) is 12.6 Å². The van der Waals surface area contributed by atoms with Crippen molar-refractivity contribution < 1.29 is 19.4 Å². The molecule has 2 heterocycles. The zero-order chi connectivity index (χ0) is 13.4. The Morgan fingerprint density at radius 1 is 1.37 bits per heavy atom. The molecule has 0 aliphatic carbocycles. The molecule has 19 heavy (non-hydrogen) atoms. The van der Waals surface area contributed by atoms with E-state index >= 15 is 0 Å². The number of rotatable bonds is 2. The molecule has 2 atom stereocenters. The van der Waals surface area contributed by atoms with Crippen molar-refractivity contribution >= 4 is 17.6 Å². The molecule has 1 saturated heterocycles. The highest BCUT2D eigenvalue weighted by molar-refractivity contribution is 6.33. The standard InChI is InChI=1S/C13H14ClNO4/c14-11-8(9-5-7(6-15-9)13(16)17)1-2-10-12(11)19-4-3-18-10/h1-2,7,9,15H,3-6H2,(H,16,17). The monoisotopic (exact) mass is 283 g/mol. The van der Waals surface area contributed by atoms with Gasteiger partial charge in [-0.3, -0.25) is 4.79 Å². The summed E-state index contributed by atoms with van der Waals surface area (Å²) in [5.74, 6) is 0.0664. The van der Waals surface area contributed by atoms with Crippen molar-refractivity contribution in [3.8, 4) is 11.5 Å². The number of halogens is 1. The van der Waals surface area contributed by atoms with Crippen LogP contribution in [0.25, 0.3) is 0 Å². The average molecular weight is 284 g/mol. The van der Waals surface area contributed by atoms with E-state index < -0.39 is 5.97 Å². The number of nitrogens with one attached hydrogen (secondary N) is 1. The molecule has 0 amide bonds. The molecular formula is C13H14ClNO4. The van der Waals surface area contributed by atoms with E-state index in [9.17, 15) is 4.79 Å². The normalized spacial score (nSPS) is 25.3. The van der Waals surface area contributed by atoms with Gasteiger partial charge in [-0.15, -0.1) is 0 Å². The molecule has 5 nitrogen and oxygen atoms in total. The number of hydrogen-bond donors (Lipinski definition) is 2. The molecule has 1 fully saturated rings. The van der Waals surface area contributed by atoms with E-state index in [4.69, 9.17) is 26.2 Å². The Balaban J connectivity index is 1.88. The molecular weight excluding hydrogens is 270 g/mol. The fraction of sp³-hybridized carbons (Fsp3) is 0.462. The fourth-order valence-electron chi connectivity index (χ4n) is 2.53. The quantitative estimate of drug-likeness (QED) is 0.867. The third-order valence-electron chi connectivity index (χ3n) is 3.53. The maximum atomic E-state index is 11.0. The number of hydrogen-bond acceptors (Lipinski definition) is 4. The predicted octanol–water partition coefficient (Wildman–Crippen LogP) is 1.85. The van der Waals surface area contributed by atoms with Gasteiger partial charge in [-0.25, -0.2) is 0 Å². The lowest BCUT2D eigenvalue weighted by molar-refractivity contribution is -0.141. The molecule has 0 bridgehead atoms. The van der Waals surface area contributed by atoms with E-state index in [-0.39, 0.29) is 12.0 Å². The van der Waals surface area contributed by atoms with Crippen LogP contribution in [0.3, 0.4) is 0 Å². The molecule has 2 aliphatic heterocycles. The Kier molecular flexibility index (Phi) is 3.24. The van der Waals surface area contributed by atoms with E-state index in [1.165, 1.54) is 0 Å². The van der Waals surface area contributed by atoms with Crippen molar-refractivity contribution in [1.82, 2.24) is 5.32 Å². The Bertz CT molecular complexity index is 520. The van der Waals surface area contributed by atoms with Gasteiger partial charge in [0.1, 0.15) is 13.2 Å². The summed E-state index contributed by atoms with van der Waals surface area (Å²) in [6.07, 6.45) is 0.536. The number of benzene rings is 1. The third-order valence-corrected chi connectivity index (χ3v) is 3.92. The van der Waals surface area contributed by atoms with Gasteiger partial charge >= 0.3 is 5.97 Å². The predicted molar refractivity (Wildman–Crippen MR) is 68.9 cm³/mol. The summed E-state index contributed by atoms with van der Waals surface area (Å²) >= 11 is 6.34. The maximum absolute atomic E-state index is 11.0. The van der Waals surface area contributed by atoms with E-state index in [2.05, 4.69) is 5.32 Å². The van der Waals surface area contributed by atoms with E-state index in [1.807, 2.05) is 12.1 Å². The molecule has 0 aromatic heterocycles. The summed E-state index contributed by atoms with van der Waals surface area (Å²) in [7, 11) is 0. The number of aliphatic carboxylic acids is 1. The van der Waals surface area contributed by atoms with Crippen molar-refractivity contribution in [3.05, 3.63) is 22.7 Å². The topological polar surface area (TPSA) is 67.8 Å². The third kappa shape index (κ3) is 2.24. The second kappa shape index (κ2) is 4.90. The highest BCUT2D eigenvalue weighted by Gasteiger charge is 2.32. The molecule has 2 aliphatic rings. The van der Waals surface area contributed by atoms with Gasteiger partial charge in [0.2, 0.25) is 0 Å². The Morgan fingerprint density at radius 2 is 2.16 bits per heavy atom. The highest BCUT2D eigenvalue weighted by Crippen LogP contribution is 2.43. The fourth-order valence-corrected chi connectivity index (χ4v) is 2.87. The van der Waals surface area contributed by atoms with Crippen LogP contribution in [0.1, 0.15) is 18.0 Å². The minimum absolute atomic E-state index is 0.0515. The number of fused-ring (bicyclic) bond motifs is 1. The molecule has 6 heteroatoms. The Hall–Kier alpha value is -1.46. The summed E-state index contributed by atoms with van der Waals surface area (Å²) in [5, 5.41) is 12.7. The number of ether oxygens (including phenoxy) is 2. The van der Waals surface area contributed by atoms with Crippen LogP contribution < -0.4 is 14.8 Å². The molecule has 2 N–H and O–H groups in total. The minimum atomic E-state index is -0.774. The van der Waals surface area contributed by atoms with Crippen LogP contribution in [0, 0.1) is 5.92 Å². The van der Waals surface area contributed by atoms with Gasteiger partial charge < -0.3 is 19.9 Å². The Labute approximate surface area is 115 Å². The highest BCUT2D eigenvalue weighted by atomic mass is 35.5. The van der Waals surface area contributed by atoms with Crippen LogP contribution in [0.5, 0.6) is 11.5 Å². The summed E-state index contributed by atoms with van der Waals surface area (Å²) in [4.78, 5) is 11.0. The number of carboxylic acids is 1. The zero-order valence-corrected chi connectivity index (χ0v) is 10.9. The largest absolute Gasteiger partial charge is 0.486 e. The van der Waals surface area contributed by atoms with Gasteiger partial charge in [0.25, 0.3) is 0 Å². The second-order valence-electron chi connectivity index (χ2n) is 4.72. The van der Waals surface area contributed by atoms with Crippen LogP contribution in [-0.2, 0) is 4.79 Å². The van der Waals surface area contributed by atoms with Crippen LogP contribution in [0.4, 0.5) is 0 Å². The minimum Gasteiger partial charge on any atom is -0.486 e. The van der Waals surface area contributed by atoms with Crippen molar-refractivity contribution in [2.75, 3.05) is 19.8 Å². The summed E-state index contributed by atoms with van der Waals surface area (Å²) in [6, 6.07) is 3.65. The lowest BCUT2D eigenvalue weighted by atomic mass is 9.99. The van der Waals surface area contributed by atoms with Crippen molar-refractivity contribution in [2.45, 2.75) is 12.5 Å². The molecule has 0 radical (unpaired) electrons. The Morgan fingerprint density at radius 3 is 2.89 bits per heavy atom. The molecule has 3 rings (SSSR count). The van der Waals surface area contributed by atoms with Crippen LogP contribution in [0.15, 0.2) is 12.1 Å². The molecule has 1 aromatic rings. The second-order valence-corrected chi connectivity index (χ2v) is 5.10. The summed E-state index contributed by atoms with van der Waals surface area (Å²) in [5.41, 5.74) is 0.870. The maximum Gasteiger partial charge on any atom is 0.307 e. The number of carbonyl (C=O) groups is 1. The first kappa shape index (κ1) is 12.6. The molecule has 102 valence electrons. The van der Waals surface area contributed by atoms with Crippen molar-refractivity contribution in [3.63, 3.8) is 0 Å².